The Kier molecular flexibility index (Phi) is 6.13. The van der Waals surface area contributed by atoms with Gasteiger partial charge in [-0.15, -0.1) is 0 Å². The smallest absolute Gasteiger partial charge is 0.315 e. The highest BCUT2D eigenvalue weighted by Crippen LogP contribution is 2.38. The van der Waals surface area contributed by atoms with Crippen LogP contribution in [0.5, 0.6) is 0 Å². The van der Waals surface area contributed by atoms with Crippen molar-refractivity contribution in [3.05, 3.63) is 74.9 Å². The van der Waals surface area contributed by atoms with E-state index >= 15 is 0 Å². The summed E-state index contributed by atoms with van der Waals surface area (Å²) in [5, 5.41) is 17.6. The third-order valence-corrected chi connectivity index (χ3v) is 7.44. The number of rotatable bonds is 4. The number of carbonyl (C=O) groups is 2. The summed E-state index contributed by atoms with van der Waals surface area (Å²) in [7, 11) is 0. The molecule has 0 atom stereocenters. The van der Waals surface area contributed by atoms with Gasteiger partial charge in [0.05, 0.1) is 46.0 Å². The van der Waals surface area contributed by atoms with Crippen LogP contribution in [0.4, 0.5) is 4.79 Å². The minimum absolute atomic E-state index is 0.0104. The maximum atomic E-state index is 13.5. The summed E-state index contributed by atoms with van der Waals surface area (Å²) >= 11 is 12.3. The molecule has 1 saturated carbocycles. The van der Waals surface area contributed by atoms with Gasteiger partial charge in [-0.25, -0.2) is 4.79 Å². The van der Waals surface area contributed by atoms with Gasteiger partial charge in [0, 0.05) is 18.2 Å². The third-order valence-electron chi connectivity index (χ3n) is 6.70. The predicted molar refractivity (Wildman–Crippen MR) is 132 cm³/mol. The summed E-state index contributed by atoms with van der Waals surface area (Å²) in [6.45, 7) is 1.05. The summed E-state index contributed by atoms with van der Waals surface area (Å²) in [6.07, 6.45) is 1.60. The Morgan fingerprint density at radius 1 is 1.09 bits per heavy atom. The fourth-order valence-corrected chi connectivity index (χ4v) is 4.98. The highest BCUT2D eigenvalue weighted by molar-refractivity contribution is 6.42. The molecule has 0 spiro atoms. The Labute approximate surface area is 212 Å². The van der Waals surface area contributed by atoms with Crippen molar-refractivity contribution in [2.45, 2.75) is 37.9 Å². The lowest BCUT2D eigenvalue weighted by Gasteiger charge is -2.36. The van der Waals surface area contributed by atoms with Gasteiger partial charge in [0.2, 0.25) is 0 Å². The van der Waals surface area contributed by atoms with Gasteiger partial charge in [0.15, 0.2) is 0 Å². The van der Waals surface area contributed by atoms with Gasteiger partial charge in [0.1, 0.15) is 5.69 Å². The summed E-state index contributed by atoms with van der Waals surface area (Å²) < 4.78 is 1.76. The van der Waals surface area contributed by atoms with E-state index < -0.39 is 6.03 Å². The fraction of sp³-hybridized carbons (Fsp3) is 0.280. The highest BCUT2D eigenvalue weighted by Gasteiger charge is 2.35. The number of fused-ring (bicyclic) bond motifs is 1. The lowest BCUT2D eigenvalue weighted by molar-refractivity contribution is 0.0906. The number of halogens is 2. The quantitative estimate of drug-likeness (QED) is 0.546. The van der Waals surface area contributed by atoms with Crippen LogP contribution in [0.2, 0.25) is 10.0 Å². The summed E-state index contributed by atoms with van der Waals surface area (Å²) in [4.78, 5) is 26.8. The number of hydrogen-bond acceptors (Lipinski definition) is 4. The largest absolute Gasteiger partial charge is 0.351 e. The minimum atomic E-state index is -0.538. The van der Waals surface area contributed by atoms with Crippen LogP contribution < -0.4 is 11.1 Å². The van der Waals surface area contributed by atoms with E-state index in [4.69, 9.17) is 34.2 Å². The van der Waals surface area contributed by atoms with E-state index in [9.17, 15) is 9.59 Å². The van der Waals surface area contributed by atoms with Crippen molar-refractivity contribution in [1.82, 2.24) is 20.0 Å². The van der Waals surface area contributed by atoms with Crippen molar-refractivity contribution in [1.29, 1.82) is 5.26 Å². The van der Waals surface area contributed by atoms with Gasteiger partial charge in [-0.1, -0.05) is 41.4 Å². The van der Waals surface area contributed by atoms with E-state index in [1.54, 1.807) is 22.9 Å². The van der Waals surface area contributed by atoms with Gasteiger partial charge in [-0.2, -0.15) is 10.4 Å². The van der Waals surface area contributed by atoms with Crippen molar-refractivity contribution < 1.29 is 9.59 Å². The molecule has 2 aromatic carbocycles. The Balaban J connectivity index is 1.40. The number of benzene rings is 2. The van der Waals surface area contributed by atoms with Crippen LogP contribution in [0.1, 0.15) is 45.9 Å². The van der Waals surface area contributed by atoms with E-state index in [1.807, 2.05) is 24.3 Å². The normalized spacial score (nSPS) is 18.8. The molecule has 1 aromatic heterocycles. The molecule has 1 aliphatic heterocycles. The minimum Gasteiger partial charge on any atom is -0.351 e. The summed E-state index contributed by atoms with van der Waals surface area (Å²) in [5.74, 6) is 0.0796. The number of primary amides is 1. The second-order valence-corrected chi connectivity index (χ2v) is 9.67. The number of urea groups is 1. The van der Waals surface area contributed by atoms with Crippen molar-refractivity contribution in [3.63, 3.8) is 0 Å². The number of nitrogens with one attached hydrogen (secondary N) is 1. The lowest BCUT2D eigenvalue weighted by Crippen LogP contribution is -2.45. The molecule has 2 aliphatic rings. The Morgan fingerprint density at radius 2 is 1.83 bits per heavy atom. The van der Waals surface area contributed by atoms with Gasteiger partial charge in [-0.05, 0) is 48.6 Å². The molecular formula is C25H22Cl2N6O2. The number of nitrogens with zero attached hydrogens (tertiary/aromatic N) is 4. The molecule has 2 heterocycles. The molecular weight excluding hydrogens is 487 g/mol. The first-order chi connectivity index (χ1) is 16.8. The number of aromatic nitrogens is 2. The Bertz CT molecular complexity index is 1360. The molecule has 178 valence electrons. The maximum absolute atomic E-state index is 13.5. The topological polar surface area (TPSA) is 117 Å². The molecule has 1 aliphatic carbocycles. The fourth-order valence-electron chi connectivity index (χ4n) is 4.69. The van der Waals surface area contributed by atoms with Crippen LogP contribution in [0.25, 0.3) is 11.3 Å². The zero-order valence-electron chi connectivity index (χ0n) is 18.7. The molecule has 3 amide bonds. The lowest BCUT2D eigenvalue weighted by atomic mass is 9.75. The first kappa shape index (κ1) is 23.2. The van der Waals surface area contributed by atoms with Crippen molar-refractivity contribution in [2.24, 2.45) is 5.73 Å². The molecule has 0 bridgehead atoms. The van der Waals surface area contributed by atoms with Crippen LogP contribution in [0.3, 0.4) is 0 Å². The van der Waals surface area contributed by atoms with Crippen LogP contribution in [-0.4, -0.2) is 39.2 Å². The number of hydrogen-bond donors (Lipinski definition) is 2. The molecule has 8 nitrogen and oxygen atoms in total. The number of nitrogens with two attached hydrogens (primary N) is 1. The first-order valence-electron chi connectivity index (χ1n) is 11.2. The average Bonchev–Trinajstić information content (AvgIpc) is 3.21. The molecule has 0 saturated heterocycles. The van der Waals surface area contributed by atoms with Gasteiger partial charge >= 0.3 is 6.03 Å². The molecule has 1 fully saturated rings. The zero-order chi connectivity index (χ0) is 24.7. The second-order valence-electron chi connectivity index (χ2n) is 8.85. The van der Waals surface area contributed by atoms with Gasteiger partial charge < -0.3 is 16.0 Å². The van der Waals surface area contributed by atoms with E-state index in [1.165, 1.54) is 4.90 Å². The second kappa shape index (κ2) is 9.25. The van der Waals surface area contributed by atoms with Crippen LogP contribution >= 0.6 is 23.2 Å². The van der Waals surface area contributed by atoms with Crippen LogP contribution in [0.15, 0.2) is 42.5 Å². The maximum Gasteiger partial charge on any atom is 0.315 e. The van der Waals surface area contributed by atoms with E-state index in [0.717, 1.165) is 18.4 Å². The molecule has 3 N–H and O–H groups in total. The SMILES string of the molecule is N#Cc1ccc(C2CC(NC(=O)c3c(-c4ccc(Cl)c(Cl)c4)nn4c3CN(C(N)=O)CC4)C2)cc1. The predicted octanol–water partition coefficient (Wildman–Crippen LogP) is 4.30. The monoisotopic (exact) mass is 508 g/mol. The van der Waals surface area contributed by atoms with Crippen LogP contribution in [0, 0.1) is 11.3 Å². The standard InChI is InChI=1S/C25H22Cl2N6O2/c26-19-6-5-16(11-20(19)27)23-22(21-13-32(25(29)35)7-8-33(21)31-23)24(34)30-18-9-17(10-18)15-3-1-14(12-28)2-4-15/h1-6,11,17-18H,7-10,13H2,(H2,29,35)(H,30,34). The van der Waals surface area contributed by atoms with Gasteiger partial charge in [0.25, 0.3) is 5.91 Å². The van der Waals surface area contributed by atoms with E-state index in [-0.39, 0.29) is 18.5 Å². The zero-order valence-corrected chi connectivity index (χ0v) is 20.2. The first-order valence-corrected chi connectivity index (χ1v) is 12.0. The molecule has 35 heavy (non-hydrogen) atoms. The molecule has 10 heteroatoms. The molecule has 5 rings (SSSR count). The van der Waals surface area contributed by atoms with Crippen molar-refractivity contribution in [3.8, 4) is 17.3 Å². The number of nitriles is 1. The van der Waals surface area contributed by atoms with E-state index in [0.29, 0.717) is 57.1 Å². The molecule has 0 radical (unpaired) electrons. The van der Waals surface area contributed by atoms with Gasteiger partial charge in [-0.3, -0.25) is 9.48 Å². The van der Waals surface area contributed by atoms with Crippen LogP contribution in [-0.2, 0) is 13.1 Å². The summed E-state index contributed by atoms with van der Waals surface area (Å²) in [5.41, 5.74) is 9.51. The van der Waals surface area contributed by atoms with Crippen molar-refractivity contribution in [2.75, 3.05) is 6.54 Å². The third kappa shape index (κ3) is 4.45. The number of amides is 3. The van der Waals surface area contributed by atoms with Crippen molar-refractivity contribution >= 4 is 35.1 Å². The molecule has 0 unspecified atom stereocenters. The highest BCUT2D eigenvalue weighted by atomic mass is 35.5. The average molecular weight is 509 g/mol. The van der Waals surface area contributed by atoms with E-state index in [2.05, 4.69) is 16.5 Å². The Morgan fingerprint density at radius 3 is 2.49 bits per heavy atom. The summed E-state index contributed by atoms with van der Waals surface area (Å²) in [6, 6.07) is 14.3. The Hall–Kier alpha value is -3.54. The number of carbonyl (C=O) groups excluding carboxylic acids is 2. The molecule has 3 aromatic rings.